The first-order chi connectivity index (χ1) is 15.8. The van der Waals surface area contributed by atoms with Crippen LogP contribution in [0.1, 0.15) is 67.8 Å². The van der Waals surface area contributed by atoms with Crippen LogP contribution in [-0.2, 0) is 10.0 Å². The molecule has 1 heterocycles. The topological polar surface area (TPSA) is 78.5 Å². The number of rotatable bonds is 6. The molecule has 0 bridgehead atoms. The Bertz CT molecular complexity index is 1080. The number of nitrogens with one attached hydrogen (secondary N) is 2. The van der Waals surface area contributed by atoms with Crippen molar-refractivity contribution in [1.29, 1.82) is 0 Å². The molecule has 33 heavy (non-hydrogen) atoms. The maximum atomic E-state index is 13.2. The molecule has 1 aliphatic carbocycles. The van der Waals surface area contributed by atoms with E-state index in [0.29, 0.717) is 17.2 Å². The predicted octanol–water partition coefficient (Wildman–Crippen LogP) is 5.09. The summed E-state index contributed by atoms with van der Waals surface area (Å²) in [6.45, 7) is 5.87. The summed E-state index contributed by atoms with van der Waals surface area (Å²) >= 11 is 0. The Morgan fingerprint density at radius 2 is 1.64 bits per heavy atom. The number of nitrogens with zero attached hydrogens (tertiary/aromatic N) is 1. The Morgan fingerprint density at radius 3 is 2.33 bits per heavy atom. The molecular formula is C26H35N3O3S. The van der Waals surface area contributed by atoms with E-state index in [1.54, 1.807) is 30.3 Å². The zero-order chi connectivity index (χ0) is 23.4. The number of carbonyl (C=O) groups is 1. The van der Waals surface area contributed by atoms with E-state index in [1.807, 2.05) is 19.1 Å². The first-order valence-corrected chi connectivity index (χ1v) is 13.6. The summed E-state index contributed by atoms with van der Waals surface area (Å²) in [5, 5.41) is 3.18. The predicted molar refractivity (Wildman–Crippen MR) is 133 cm³/mol. The van der Waals surface area contributed by atoms with Crippen LogP contribution in [-0.4, -0.2) is 33.5 Å². The van der Waals surface area contributed by atoms with E-state index in [1.165, 1.54) is 12.8 Å². The molecule has 6 nitrogen and oxygen atoms in total. The van der Waals surface area contributed by atoms with Crippen LogP contribution < -0.4 is 14.9 Å². The zero-order valence-corrected chi connectivity index (χ0v) is 20.5. The van der Waals surface area contributed by atoms with Gasteiger partial charge in [0.25, 0.3) is 15.9 Å². The number of anilines is 2. The van der Waals surface area contributed by atoms with Crippen LogP contribution in [0.25, 0.3) is 0 Å². The third-order valence-electron chi connectivity index (χ3n) is 6.96. The lowest BCUT2D eigenvalue weighted by atomic mass is 9.86. The van der Waals surface area contributed by atoms with E-state index in [2.05, 4.69) is 21.9 Å². The summed E-state index contributed by atoms with van der Waals surface area (Å²) in [5.74, 6) is 0.310. The SMILES string of the molecule is Cc1ccc(S(=O)(=O)Nc2cc(C(=O)N[C@H]3CCCC[C@H]3C)ccc2N2CCCCC2)cc1. The van der Waals surface area contributed by atoms with Crippen molar-refractivity contribution in [2.45, 2.75) is 69.7 Å². The average Bonchev–Trinajstić information content (AvgIpc) is 2.81. The third-order valence-corrected chi connectivity index (χ3v) is 8.34. The van der Waals surface area contributed by atoms with Gasteiger partial charge in [-0.25, -0.2) is 8.42 Å². The van der Waals surface area contributed by atoms with Crippen molar-refractivity contribution < 1.29 is 13.2 Å². The second kappa shape index (κ2) is 10.2. The Balaban J connectivity index is 1.63. The van der Waals surface area contributed by atoms with E-state index in [-0.39, 0.29) is 16.8 Å². The lowest BCUT2D eigenvalue weighted by Crippen LogP contribution is -2.41. The Labute approximate surface area is 197 Å². The summed E-state index contributed by atoms with van der Waals surface area (Å²) in [6, 6.07) is 12.4. The van der Waals surface area contributed by atoms with Crippen molar-refractivity contribution >= 4 is 27.3 Å². The van der Waals surface area contributed by atoms with Gasteiger partial charge in [-0.1, -0.05) is 37.5 Å². The molecule has 0 spiro atoms. The van der Waals surface area contributed by atoms with Gasteiger partial charge in [0.2, 0.25) is 0 Å². The fourth-order valence-electron chi connectivity index (χ4n) is 4.87. The summed E-state index contributed by atoms with van der Waals surface area (Å²) in [5.41, 5.74) is 2.77. The standard InChI is InChI=1S/C26H35N3O3S/c1-19-10-13-22(14-11-19)33(31,32)28-24-18-21(12-15-25(24)29-16-6-3-7-17-29)26(30)27-23-9-5-4-8-20(23)2/h10-15,18,20,23,28H,3-9,16-17H2,1-2H3,(H,27,30)/t20-,23+/m1/s1. The van der Waals surface area contributed by atoms with Gasteiger partial charge in [-0.2, -0.15) is 0 Å². The van der Waals surface area contributed by atoms with Gasteiger partial charge in [-0.15, -0.1) is 0 Å². The Morgan fingerprint density at radius 1 is 0.939 bits per heavy atom. The lowest BCUT2D eigenvalue weighted by molar-refractivity contribution is 0.0910. The minimum Gasteiger partial charge on any atom is -0.370 e. The van der Waals surface area contributed by atoms with Crippen molar-refractivity contribution in [3.05, 3.63) is 53.6 Å². The Kier molecular flexibility index (Phi) is 7.27. The fraction of sp³-hybridized carbons (Fsp3) is 0.500. The van der Waals surface area contributed by atoms with Crippen LogP contribution >= 0.6 is 0 Å². The molecule has 2 aromatic carbocycles. The molecule has 0 aromatic heterocycles. The second-order valence-electron chi connectivity index (χ2n) is 9.54. The molecule has 1 amide bonds. The highest BCUT2D eigenvalue weighted by molar-refractivity contribution is 7.92. The molecule has 2 aromatic rings. The number of carbonyl (C=O) groups excluding carboxylic acids is 1. The first kappa shape index (κ1) is 23.6. The molecular weight excluding hydrogens is 434 g/mol. The fourth-order valence-corrected chi connectivity index (χ4v) is 5.94. The normalized spacial score (nSPS) is 21.5. The quantitative estimate of drug-likeness (QED) is 0.617. The van der Waals surface area contributed by atoms with Crippen LogP contribution in [0.15, 0.2) is 47.4 Å². The second-order valence-corrected chi connectivity index (χ2v) is 11.2. The van der Waals surface area contributed by atoms with Crippen LogP contribution in [0.3, 0.4) is 0 Å². The number of benzene rings is 2. The summed E-state index contributed by atoms with van der Waals surface area (Å²) in [7, 11) is -3.78. The number of amides is 1. The molecule has 7 heteroatoms. The van der Waals surface area contributed by atoms with Gasteiger partial charge in [0.15, 0.2) is 0 Å². The molecule has 1 aliphatic heterocycles. The molecule has 4 rings (SSSR count). The minimum absolute atomic E-state index is 0.144. The van der Waals surface area contributed by atoms with Crippen molar-refractivity contribution in [3.8, 4) is 0 Å². The van der Waals surface area contributed by atoms with Crippen LogP contribution in [0.5, 0.6) is 0 Å². The minimum atomic E-state index is -3.78. The van der Waals surface area contributed by atoms with Gasteiger partial charge in [-0.3, -0.25) is 9.52 Å². The summed E-state index contributed by atoms with van der Waals surface area (Å²) in [4.78, 5) is 15.5. The maximum absolute atomic E-state index is 13.2. The average molecular weight is 470 g/mol. The van der Waals surface area contributed by atoms with Crippen molar-refractivity contribution in [3.63, 3.8) is 0 Å². The molecule has 1 saturated heterocycles. The van der Waals surface area contributed by atoms with Crippen LogP contribution in [0.2, 0.25) is 0 Å². The highest BCUT2D eigenvalue weighted by Gasteiger charge is 2.25. The number of sulfonamides is 1. The smallest absolute Gasteiger partial charge is 0.261 e. The largest absolute Gasteiger partial charge is 0.370 e. The molecule has 0 radical (unpaired) electrons. The summed E-state index contributed by atoms with van der Waals surface area (Å²) in [6.07, 6.45) is 7.79. The van der Waals surface area contributed by atoms with Gasteiger partial charge in [0.05, 0.1) is 16.3 Å². The van der Waals surface area contributed by atoms with Crippen molar-refractivity contribution in [2.75, 3.05) is 22.7 Å². The molecule has 2 N–H and O–H groups in total. The van der Waals surface area contributed by atoms with E-state index < -0.39 is 10.0 Å². The van der Waals surface area contributed by atoms with Crippen molar-refractivity contribution in [2.24, 2.45) is 5.92 Å². The van der Waals surface area contributed by atoms with Crippen LogP contribution in [0, 0.1) is 12.8 Å². The number of hydrogen-bond donors (Lipinski definition) is 2. The van der Waals surface area contributed by atoms with Crippen molar-refractivity contribution in [1.82, 2.24) is 5.32 Å². The molecule has 2 atom stereocenters. The van der Waals surface area contributed by atoms with E-state index >= 15 is 0 Å². The van der Waals surface area contributed by atoms with Crippen LogP contribution in [0.4, 0.5) is 11.4 Å². The summed E-state index contributed by atoms with van der Waals surface area (Å²) < 4.78 is 29.1. The van der Waals surface area contributed by atoms with Gasteiger partial charge in [0, 0.05) is 24.7 Å². The highest BCUT2D eigenvalue weighted by atomic mass is 32.2. The lowest BCUT2D eigenvalue weighted by Gasteiger charge is -2.31. The van der Waals surface area contributed by atoms with E-state index in [4.69, 9.17) is 0 Å². The zero-order valence-electron chi connectivity index (χ0n) is 19.6. The molecule has 178 valence electrons. The monoisotopic (exact) mass is 469 g/mol. The van der Waals surface area contributed by atoms with Gasteiger partial charge >= 0.3 is 0 Å². The first-order valence-electron chi connectivity index (χ1n) is 12.1. The van der Waals surface area contributed by atoms with Gasteiger partial charge < -0.3 is 10.2 Å². The third kappa shape index (κ3) is 5.69. The van der Waals surface area contributed by atoms with E-state index in [0.717, 1.165) is 56.4 Å². The number of aryl methyl sites for hydroxylation is 1. The van der Waals surface area contributed by atoms with Gasteiger partial charge in [0.1, 0.15) is 0 Å². The molecule has 2 aliphatic rings. The Hall–Kier alpha value is -2.54. The number of piperidine rings is 1. The number of hydrogen-bond acceptors (Lipinski definition) is 4. The van der Waals surface area contributed by atoms with Gasteiger partial charge in [-0.05, 0) is 75.3 Å². The van der Waals surface area contributed by atoms with E-state index in [9.17, 15) is 13.2 Å². The maximum Gasteiger partial charge on any atom is 0.261 e. The molecule has 1 saturated carbocycles. The molecule has 0 unspecified atom stereocenters. The molecule has 2 fully saturated rings. The highest BCUT2D eigenvalue weighted by Crippen LogP contribution is 2.32.